The highest BCUT2D eigenvalue weighted by molar-refractivity contribution is 9.10. The Hall–Kier alpha value is -1.07. The molecule has 0 amide bonds. The standard InChI is InChI=1S/C12H8Br2FNO/c13-7-1-4-11(10(16)5-7)17-12-6-8(15)2-3-9(12)14/h1-6H,16H2. The average molecular weight is 361 g/mol. The molecule has 0 fully saturated rings. The number of ether oxygens (including phenoxy) is 1. The van der Waals surface area contributed by atoms with Crippen molar-refractivity contribution in [3.63, 3.8) is 0 Å². The van der Waals surface area contributed by atoms with Gasteiger partial charge in [-0.25, -0.2) is 4.39 Å². The molecule has 0 saturated heterocycles. The number of anilines is 1. The lowest BCUT2D eigenvalue weighted by Gasteiger charge is -2.10. The first-order chi connectivity index (χ1) is 8.06. The molecule has 0 aliphatic heterocycles. The van der Waals surface area contributed by atoms with Gasteiger partial charge in [-0.2, -0.15) is 0 Å². The minimum absolute atomic E-state index is 0.362. The first kappa shape index (κ1) is 12.4. The van der Waals surface area contributed by atoms with Gasteiger partial charge >= 0.3 is 0 Å². The molecule has 0 bridgehead atoms. The van der Waals surface area contributed by atoms with Crippen LogP contribution in [0.25, 0.3) is 0 Å². The summed E-state index contributed by atoms with van der Waals surface area (Å²) in [6.45, 7) is 0. The molecule has 17 heavy (non-hydrogen) atoms. The normalized spacial score (nSPS) is 10.3. The zero-order valence-electron chi connectivity index (χ0n) is 8.58. The second kappa shape index (κ2) is 5.06. The van der Waals surface area contributed by atoms with Gasteiger partial charge in [0, 0.05) is 10.5 Å². The van der Waals surface area contributed by atoms with E-state index in [0.717, 1.165) is 4.47 Å². The third kappa shape index (κ3) is 2.98. The number of halogens is 3. The quantitative estimate of drug-likeness (QED) is 0.786. The molecular formula is C12H8Br2FNO. The number of hydrogen-bond acceptors (Lipinski definition) is 2. The molecule has 2 aromatic carbocycles. The summed E-state index contributed by atoms with van der Waals surface area (Å²) in [5, 5.41) is 0. The van der Waals surface area contributed by atoms with Crippen molar-refractivity contribution in [1.82, 2.24) is 0 Å². The molecule has 0 saturated carbocycles. The van der Waals surface area contributed by atoms with Crippen LogP contribution in [-0.2, 0) is 0 Å². The van der Waals surface area contributed by atoms with Crippen LogP contribution >= 0.6 is 31.9 Å². The molecule has 2 aromatic rings. The van der Waals surface area contributed by atoms with E-state index in [1.165, 1.54) is 12.1 Å². The average Bonchev–Trinajstić information content (AvgIpc) is 2.27. The topological polar surface area (TPSA) is 35.2 Å². The summed E-state index contributed by atoms with van der Waals surface area (Å²) >= 11 is 6.59. The first-order valence-corrected chi connectivity index (χ1v) is 6.33. The predicted molar refractivity (Wildman–Crippen MR) is 72.7 cm³/mol. The Morgan fingerprint density at radius 1 is 1.00 bits per heavy atom. The number of rotatable bonds is 2. The van der Waals surface area contributed by atoms with Crippen LogP contribution in [0, 0.1) is 5.82 Å². The Morgan fingerprint density at radius 2 is 1.76 bits per heavy atom. The molecular weight excluding hydrogens is 353 g/mol. The fraction of sp³-hybridized carbons (Fsp3) is 0. The van der Waals surface area contributed by atoms with Crippen LogP contribution in [0.4, 0.5) is 10.1 Å². The smallest absolute Gasteiger partial charge is 0.150 e. The number of benzene rings is 2. The minimum Gasteiger partial charge on any atom is -0.454 e. The lowest BCUT2D eigenvalue weighted by Crippen LogP contribution is -1.93. The van der Waals surface area contributed by atoms with E-state index >= 15 is 0 Å². The third-order valence-corrected chi connectivity index (χ3v) is 3.23. The molecule has 0 aliphatic rings. The summed E-state index contributed by atoms with van der Waals surface area (Å²) in [5.41, 5.74) is 6.28. The van der Waals surface area contributed by atoms with Crippen molar-refractivity contribution in [2.45, 2.75) is 0 Å². The van der Waals surface area contributed by atoms with E-state index in [-0.39, 0.29) is 5.82 Å². The van der Waals surface area contributed by atoms with Crippen LogP contribution in [0.2, 0.25) is 0 Å². The minimum atomic E-state index is -0.362. The van der Waals surface area contributed by atoms with Crippen LogP contribution in [0.1, 0.15) is 0 Å². The number of nitrogen functional groups attached to an aromatic ring is 1. The van der Waals surface area contributed by atoms with E-state index in [9.17, 15) is 4.39 Å². The van der Waals surface area contributed by atoms with Crippen molar-refractivity contribution in [2.24, 2.45) is 0 Å². The van der Waals surface area contributed by atoms with Gasteiger partial charge in [-0.1, -0.05) is 15.9 Å². The fourth-order valence-corrected chi connectivity index (χ4v) is 1.99. The van der Waals surface area contributed by atoms with Crippen molar-refractivity contribution in [2.75, 3.05) is 5.73 Å². The zero-order chi connectivity index (χ0) is 12.4. The maximum Gasteiger partial charge on any atom is 0.150 e. The van der Waals surface area contributed by atoms with Crippen molar-refractivity contribution in [3.05, 3.63) is 51.2 Å². The van der Waals surface area contributed by atoms with Gasteiger partial charge in [-0.05, 0) is 46.3 Å². The van der Waals surface area contributed by atoms with Crippen LogP contribution in [0.5, 0.6) is 11.5 Å². The molecule has 0 radical (unpaired) electrons. The molecule has 2 N–H and O–H groups in total. The Balaban J connectivity index is 2.34. The van der Waals surface area contributed by atoms with Gasteiger partial charge in [0.25, 0.3) is 0 Å². The van der Waals surface area contributed by atoms with Crippen LogP contribution in [0.15, 0.2) is 45.3 Å². The molecule has 0 heterocycles. The number of hydrogen-bond donors (Lipinski definition) is 1. The van der Waals surface area contributed by atoms with Gasteiger partial charge in [-0.3, -0.25) is 0 Å². The van der Waals surface area contributed by atoms with E-state index in [0.29, 0.717) is 21.7 Å². The Bertz CT molecular complexity index is 560. The molecule has 0 aliphatic carbocycles. The maximum atomic E-state index is 13.1. The SMILES string of the molecule is Nc1cc(Br)ccc1Oc1cc(F)ccc1Br. The lowest BCUT2D eigenvalue weighted by atomic mass is 10.3. The summed E-state index contributed by atoms with van der Waals surface area (Å²) in [6, 6.07) is 9.48. The lowest BCUT2D eigenvalue weighted by molar-refractivity contribution is 0.476. The summed E-state index contributed by atoms with van der Waals surface area (Å²) in [4.78, 5) is 0. The highest BCUT2D eigenvalue weighted by atomic mass is 79.9. The van der Waals surface area contributed by atoms with Gasteiger partial charge < -0.3 is 10.5 Å². The molecule has 0 spiro atoms. The van der Waals surface area contributed by atoms with Crippen molar-refractivity contribution in [1.29, 1.82) is 0 Å². The highest BCUT2D eigenvalue weighted by Gasteiger charge is 2.07. The molecule has 2 nitrogen and oxygen atoms in total. The Labute approximate surface area is 115 Å². The number of nitrogens with two attached hydrogens (primary N) is 1. The first-order valence-electron chi connectivity index (χ1n) is 4.74. The van der Waals surface area contributed by atoms with Gasteiger partial charge in [0.15, 0.2) is 0 Å². The highest BCUT2D eigenvalue weighted by Crippen LogP contribution is 2.34. The van der Waals surface area contributed by atoms with Crippen LogP contribution < -0.4 is 10.5 Å². The fourth-order valence-electron chi connectivity index (χ4n) is 1.29. The van der Waals surface area contributed by atoms with E-state index in [1.807, 2.05) is 0 Å². The van der Waals surface area contributed by atoms with E-state index in [4.69, 9.17) is 10.5 Å². The second-order valence-corrected chi connectivity index (χ2v) is 5.13. The van der Waals surface area contributed by atoms with E-state index < -0.39 is 0 Å². The molecule has 0 aromatic heterocycles. The zero-order valence-corrected chi connectivity index (χ0v) is 11.8. The second-order valence-electron chi connectivity index (χ2n) is 3.36. The Kier molecular flexibility index (Phi) is 3.69. The van der Waals surface area contributed by atoms with Gasteiger partial charge in [0.2, 0.25) is 0 Å². The van der Waals surface area contributed by atoms with Gasteiger partial charge in [0.1, 0.15) is 17.3 Å². The van der Waals surface area contributed by atoms with Crippen molar-refractivity contribution >= 4 is 37.5 Å². The van der Waals surface area contributed by atoms with Crippen LogP contribution in [-0.4, -0.2) is 0 Å². The predicted octanol–water partition coefficient (Wildman–Crippen LogP) is 4.73. The van der Waals surface area contributed by atoms with Crippen molar-refractivity contribution in [3.8, 4) is 11.5 Å². The van der Waals surface area contributed by atoms with E-state index in [2.05, 4.69) is 31.9 Å². The molecule has 2 rings (SSSR count). The third-order valence-electron chi connectivity index (χ3n) is 2.08. The maximum absolute atomic E-state index is 13.1. The van der Waals surface area contributed by atoms with Crippen molar-refractivity contribution < 1.29 is 9.13 Å². The monoisotopic (exact) mass is 359 g/mol. The van der Waals surface area contributed by atoms with Crippen LogP contribution in [0.3, 0.4) is 0 Å². The summed E-state index contributed by atoms with van der Waals surface area (Å²) in [5.74, 6) is 0.511. The van der Waals surface area contributed by atoms with Gasteiger partial charge in [0.05, 0.1) is 10.2 Å². The molecule has 88 valence electrons. The summed E-state index contributed by atoms with van der Waals surface area (Å²) in [6.07, 6.45) is 0. The molecule has 0 atom stereocenters. The summed E-state index contributed by atoms with van der Waals surface area (Å²) in [7, 11) is 0. The Morgan fingerprint density at radius 3 is 2.47 bits per heavy atom. The van der Waals surface area contributed by atoms with E-state index in [1.54, 1.807) is 24.3 Å². The molecule has 0 unspecified atom stereocenters. The molecule has 5 heteroatoms. The summed E-state index contributed by atoms with van der Waals surface area (Å²) < 4.78 is 20.1. The van der Waals surface area contributed by atoms with Gasteiger partial charge in [-0.15, -0.1) is 0 Å². The largest absolute Gasteiger partial charge is 0.454 e.